The van der Waals surface area contributed by atoms with Crippen molar-refractivity contribution < 1.29 is 14.3 Å². The Morgan fingerprint density at radius 2 is 2.12 bits per heavy atom. The second-order valence-electron chi connectivity index (χ2n) is 3.08. The third-order valence-corrected chi connectivity index (χ3v) is 2.54. The lowest BCUT2D eigenvalue weighted by molar-refractivity contribution is 0.0599. The van der Waals surface area contributed by atoms with E-state index in [-0.39, 0.29) is 0 Å². The lowest BCUT2D eigenvalue weighted by Gasteiger charge is -2.12. The summed E-state index contributed by atoms with van der Waals surface area (Å²) in [5.41, 5.74) is 1.10. The van der Waals surface area contributed by atoms with Crippen LogP contribution in [0.4, 0.5) is 0 Å². The quantitative estimate of drug-likeness (QED) is 0.618. The molecular formula is C11H12Cl2O3. The molecule has 5 heteroatoms. The van der Waals surface area contributed by atoms with E-state index in [2.05, 4.69) is 4.74 Å². The zero-order valence-electron chi connectivity index (χ0n) is 9.05. The monoisotopic (exact) mass is 262 g/mol. The molecule has 16 heavy (non-hydrogen) atoms. The number of methoxy groups -OCH3 is 1. The number of hydrogen-bond donors (Lipinski definition) is 0. The molecular weight excluding hydrogens is 251 g/mol. The normalized spacial score (nSPS) is 10.0. The number of carbonyl (C=O) groups is 1. The Bertz CT molecular complexity index is 391. The Morgan fingerprint density at radius 3 is 2.69 bits per heavy atom. The summed E-state index contributed by atoms with van der Waals surface area (Å²) < 4.78 is 10.0. The van der Waals surface area contributed by atoms with Crippen molar-refractivity contribution in [3.05, 3.63) is 28.3 Å². The second-order valence-corrected chi connectivity index (χ2v) is 3.86. The number of carbonyl (C=O) groups excluding carboxylic acids is 1. The lowest BCUT2D eigenvalue weighted by atomic mass is 10.1. The molecule has 0 radical (unpaired) electrons. The molecule has 0 fully saturated rings. The highest BCUT2D eigenvalue weighted by Gasteiger charge is 2.15. The van der Waals surface area contributed by atoms with Crippen LogP contribution in [-0.2, 0) is 4.74 Å². The molecule has 0 aliphatic rings. The van der Waals surface area contributed by atoms with Gasteiger partial charge in [-0.05, 0) is 19.1 Å². The number of hydrogen-bond acceptors (Lipinski definition) is 3. The van der Waals surface area contributed by atoms with Crippen molar-refractivity contribution in [3.63, 3.8) is 0 Å². The van der Waals surface area contributed by atoms with Crippen LogP contribution in [0.15, 0.2) is 12.1 Å². The maximum absolute atomic E-state index is 11.4. The van der Waals surface area contributed by atoms with Gasteiger partial charge in [-0.3, -0.25) is 0 Å². The Morgan fingerprint density at radius 1 is 1.44 bits per heavy atom. The molecule has 0 aliphatic heterocycles. The van der Waals surface area contributed by atoms with Gasteiger partial charge in [-0.15, -0.1) is 11.6 Å². The molecule has 0 amide bonds. The summed E-state index contributed by atoms with van der Waals surface area (Å²) in [6.45, 7) is 2.09. The van der Waals surface area contributed by atoms with E-state index in [1.54, 1.807) is 19.1 Å². The fourth-order valence-corrected chi connectivity index (χ4v) is 1.64. The third kappa shape index (κ3) is 2.80. The average Bonchev–Trinajstić information content (AvgIpc) is 2.28. The van der Waals surface area contributed by atoms with E-state index in [4.69, 9.17) is 27.9 Å². The Labute approximate surface area is 104 Å². The highest BCUT2D eigenvalue weighted by atomic mass is 35.5. The smallest absolute Gasteiger partial charge is 0.338 e. The fraction of sp³-hybridized carbons (Fsp3) is 0.364. The second kappa shape index (κ2) is 5.97. The Kier molecular flexibility index (Phi) is 4.90. The van der Waals surface area contributed by atoms with Crippen LogP contribution in [0.2, 0.25) is 5.02 Å². The number of halogens is 2. The third-order valence-electron chi connectivity index (χ3n) is 2.09. The van der Waals surface area contributed by atoms with Crippen molar-refractivity contribution in [1.82, 2.24) is 0 Å². The maximum Gasteiger partial charge on any atom is 0.338 e. The van der Waals surface area contributed by atoms with Gasteiger partial charge in [0.25, 0.3) is 0 Å². The first-order valence-corrected chi connectivity index (χ1v) is 5.59. The van der Waals surface area contributed by atoms with E-state index in [0.29, 0.717) is 34.4 Å². The topological polar surface area (TPSA) is 35.5 Å². The van der Waals surface area contributed by atoms with E-state index >= 15 is 0 Å². The number of alkyl halides is 1. The summed E-state index contributed by atoms with van der Waals surface area (Å²) in [4.78, 5) is 11.4. The van der Waals surface area contributed by atoms with E-state index in [1.165, 1.54) is 7.11 Å². The molecule has 0 saturated carbocycles. The van der Waals surface area contributed by atoms with Crippen LogP contribution < -0.4 is 4.74 Å². The molecule has 0 atom stereocenters. The largest absolute Gasteiger partial charge is 0.490 e. The van der Waals surface area contributed by atoms with Crippen molar-refractivity contribution in [2.75, 3.05) is 19.6 Å². The minimum atomic E-state index is -0.412. The van der Waals surface area contributed by atoms with Gasteiger partial charge in [0, 0.05) is 5.56 Å². The minimum absolute atomic E-state index is 0.340. The van der Waals surface area contributed by atoms with E-state index in [1.807, 2.05) is 0 Å². The summed E-state index contributed by atoms with van der Waals surface area (Å²) in [6.07, 6.45) is 0. The van der Waals surface area contributed by atoms with E-state index < -0.39 is 5.97 Å². The van der Waals surface area contributed by atoms with Crippen molar-refractivity contribution in [2.24, 2.45) is 0 Å². The molecule has 0 N–H and O–H groups in total. The van der Waals surface area contributed by atoms with Gasteiger partial charge in [-0.1, -0.05) is 11.6 Å². The molecule has 88 valence electrons. The lowest BCUT2D eigenvalue weighted by Crippen LogP contribution is -2.07. The van der Waals surface area contributed by atoms with Crippen molar-refractivity contribution in [2.45, 2.75) is 6.92 Å². The zero-order valence-corrected chi connectivity index (χ0v) is 10.6. The molecule has 3 nitrogen and oxygen atoms in total. The van der Waals surface area contributed by atoms with Crippen molar-refractivity contribution in [1.29, 1.82) is 0 Å². The molecule has 0 saturated heterocycles. The fourth-order valence-electron chi connectivity index (χ4n) is 1.31. The molecule has 0 bridgehead atoms. The van der Waals surface area contributed by atoms with Crippen LogP contribution in [0.5, 0.6) is 5.75 Å². The molecule has 1 aromatic carbocycles. The predicted octanol–water partition coefficient (Wildman–Crippen LogP) is 3.05. The summed E-state index contributed by atoms with van der Waals surface area (Å²) in [6, 6.07) is 3.21. The van der Waals surface area contributed by atoms with Gasteiger partial charge in [0.2, 0.25) is 0 Å². The number of rotatable bonds is 4. The van der Waals surface area contributed by atoms with E-state index in [9.17, 15) is 4.79 Å². The van der Waals surface area contributed by atoms with Crippen molar-refractivity contribution in [3.8, 4) is 5.75 Å². The van der Waals surface area contributed by atoms with Gasteiger partial charge >= 0.3 is 5.97 Å². The predicted molar refractivity (Wildman–Crippen MR) is 63.7 cm³/mol. The zero-order chi connectivity index (χ0) is 12.1. The highest BCUT2D eigenvalue weighted by Crippen LogP contribution is 2.31. The molecule has 0 aliphatic carbocycles. The van der Waals surface area contributed by atoms with E-state index in [0.717, 1.165) is 0 Å². The van der Waals surface area contributed by atoms with Crippen LogP contribution in [0.3, 0.4) is 0 Å². The Balaban J connectivity index is 3.11. The minimum Gasteiger partial charge on any atom is -0.490 e. The first kappa shape index (κ1) is 13.1. The van der Waals surface area contributed by atoms with Crippen LogP contribution >= 0.6 is 23.2 Å². The van der Waals surface area contributed by atoms with Gasteiger partial charge in [0.1, 0.15) is 12.4 Å². The summed E-state index contributed by atoms with van der Waals surface area (Å²) >= 11 is 11.5. The SMILES string of the molecule is COC(=O)c1ccc(Cl)c(OCCCl)c1C. The van der Waals surface area contributed by atoms with Crippen LogP contribution in [0.1, 0.15) is 15.9 Å². The Hall–Kier alpha value is -0.930. The van der Waals surface area contributed by atoms with Crippen LogP contribution in [0, 0.1) is 6.92 Å². The maximum atomic E-state index is 11.4. The summed E-state index contributed by atoms with van der Waals surface area (Å²) in [7, 11) is 1.33. The summed E-state index contributed by atoms with van der Waals surface area (Å²) in [5.74, 6) is 0.424. The molecule has 1 rings (SSSR count). The number of benzene rings is 1. The van der Waals surface area contributed by atoms with Gasteiger partial charge in [0.05, 0.1) is 23.6 Å². The molecule has 0 heterocycles. The van der Waals surface area contributed by atoms with Crippen molar-refractivity contribution >= 4 is 29.2 Å². The highest BCUT2D eigenvalue weighted by molar-refractivity contribution is 6.32. The molecule has 0 aromatic heterocycles. The van der Waals surface area contributed by atoms with Crippen LogP contribution in [-0.4, -0.2) is 25.6 Å². The average molecular weight is 263 g/mol. The first-order valence-electron chi connectivity index (χ1n) is 4.68. The molecule has 1 aromatic rings. The van der Waals surface area contributed by atoms with Gasteiger partial charge in [0.15, 0.2) is 0 Å². The van der Waals surface area contributed by atoms with Gasteiger partial charge in [-0.2, -0.15) is 0 Å². The molecule has 0 spiro atoms. The number of esters is 1. The standard InChI is InChI=1S/C11H12Cl2O3/c1-7-8(11(14)15-2)3-4-9(13)10(7)16-6-5-12/h3-4H,5-6H2,1-2H3. The van der Waals surface area contributed by atoms with Gasteiger partial charge in [-0.25, -0.2) is 4.79 Å². The summed E-state index contributed by atoms with van der Waals surface area (Å²) in [5, 5.41) is 0.454. The first-order chi connectivity index (χ1) is 7.61. The number of ether oxygens (including phenoxy) is 2. The molecule has 0 unspecified atom stereocenters. The van der Waals surface area contributed by atoms with Crippen LogP contribution in [0.25, 0.3) is 0 Å². The van der Waals surface area contributed by atoms with Gasteiger partial charge < -0.3 is 9.47 Å².